The van der Waals surface area contributed by atoms with E-state index in [2.05, 4.69) is 45.9 Å². The molecule has 0 spiro atoms. The van der Waals surface area contributed by atoms with Gasteiger partial charge in [-0.3, -0.25) is 9.69 Å². The molecule has 152 valence electrons. The molecular formula is C24H28FN3O. The molecule has 1 aliphatic carbocycles. The van der Waals surface area contributed by atoms with E-state index in [9.17, 15) is 9.18 Å². The second-order valence-electron chi connectivity index (χ2n) is 8.81. The minimum absolute atomic E-state index is 0.0106. The predicted octanol–water partition coefficient (Wildman–Crippen LogP) is 4.78. The number of anilines is 2. The van der Waals surface area contributed by atoms with Crippen molar-refractivity contribution in [1.29, 1.82) is 0 Å². The van der Waals surface area contributed by atoms with Crippen molar-refractivity contribution in [2.75, 3.05) is 10.6 Å². The lowest BCUT2D eigenvalue weighted by Gasteiger charge is -2.39. The zero-order valence-electron chi connectivity index (χ0n) is 16.6. The largest absolute Gasteiger partial charge is 0.381 e. The number of halogens is 1. The van der Waals surface area contributed by atoms with Crippen molar-refractivity contribution >= 4 is 17.3 Å². The fourth-order valence-electron chi connectivity index (χ4n) is 4.99. The summed E-state index contributed by atoms with van der Waals surface area (Å²) in [5, 5.41) is 6.55. The van der Waals surface area contributed by atoms with Crippen LogP contribution in [0.3, 0.4) is 0 Å². The molecule has 2 saturated heterocycles. The van der Waals surface area contributed by atoms with Crippen LogP contribution in [-0.4, -0.2) is 28.9 Å². The Morgan fingerprint density at radius 1 is 0.966 bits per heavy atom. The van der Waals surface area contributed by atoms with Gasteiger partial charge in [-0.1, -0.05) is 30.3 Å². The van der Waals surface area contributed by atoms with Gasteiger partial charge in [-0.05, 0) is 62.3 Å². The first kappa shape index (κ1) is 18.6. The molecule has 0 aromatic heterocycles. The monoisotopic (exact) mass is 393 g/mol. The number of benzene rings is 2. The van der Waals surface area contributed by atoms with Crippen LogP contribution in [-0.2, 0) is 11.3 Å². The fraction of sp³-hybridized carbons (Fsp3) is 0.458. The molecule has 2 N–H and O–H groups in total. The SMILES string of the molecule is O=C(Nc1cc(F)ccc1NC1C[C@H]2CC[C@@H](C1)N2Cc1ccccc1)C1CC1. The Bertz CT molecular complexity index is 869. The molecule has 2 aromatic carbocycles. The minimum atomic E-state index is -0.320. The molecule has 1 unspecified atom stereocenters. The van der Waals surface area contributed by atoms with Crippen molar-refractivity contribution in [3.63, 3.8) is 0 Å². The van der Waals surface area contributed by atoms with Gasteiger partial charge in [0, 0.05) is 30.6 Å². The number of hydrogen-bond acceptors (Lipinski definition) is 3. The first-order valence-corrected chi connectivity index (χ1v) is 10.8. The lowest BCUT2D eigenvalue weighted by atomic mass is 9.96. The number of carbonyl (C=O) groups excluding carboxylic acids is 1. The van der Waals surface area contributed by atoms with Gasteiger partial charge in [0.2, 0.25) is 5.91 Å². The van der Waals surface area contributed by atoms with E-state index in [0.717, 1.165) is 37.9 Å². The second kappa shape index (κ2) is 7.79. The Kier molecular flexibility index (Phi) is 5.00. The average Bonchev–Trinajstić information content (AvgIpc) is 3.53. The number of nitrogens with one attached hydrogen (secondary N) is 2. The van der Waals surface area contributed by atoms with E-state index in [-0.39, 0.29) is 17.6 Å². The van der Waals surface area contributed by atoms with Crippen molar-refractivity contribution in [2.24, 2.45) is 5.92 Å². The molecule has 2 aliphatic heterocycles. The summed E-state index contributed by atoms with van der Waals surface area (Å²) in [4.78, 5) is 14.9. The zero-order valence-corrected chi connectivity index (χ0v) is 16.6. The number of piperidine rings is 1. The summed E-state index contributed by atoms with van der Waals surface area (Å²) in [6, 6.07) is 16.9. The molecule has 5 rings (SSSR count). The maximum absolute atomic E-state index is 13.8. The van der Waals surface area contributed by atoms with E-state index in [4.69, 9.17) is 0 Å². The molecule has 29 heavy (non-hydrogen) atoms. The maximum Gasteiger partial charge on any atom is 0.227 e. The highest BCUT2D eigenvalue weighted by molar-refractivity contribution is 5.96. The van der Waals surface area contributed by atoms with E-state index >= 15 is 0 Å². The van der Waals surface area contributed by atoms with Crippen molar-refractivity contribution in [3.05, 3.63) is 59.9 Å². The third-order valence-electron chi connectivity index (χ3n) is 6.64. The van der Waals surface area contributed by atoms with Crippen LogP contribution in [0.25, 0.3) is 0 Å². The molecule has 1 saturated carbocycles. The van der Waals surface area contributed by atoms with Crippen LogP contribution in [0.15, 0.2) is 48.5 Å². The molecule has 0 radical (unpaired) electrons. The summed E-state index contributed by atoms with van der Waals surface area (Å²) in [5.74, 6) is -0.209. The van der Waals surface area contributed by atoms with Crippen molar-refractivity contribution in [1.82, 2.24) is 4.90 Å². The van der Waals surface area contributed by atoms with Gasteiger partial charge in [-0.25, -0.2) is 4.39 Å². The van der Waals surface area contributed by atoms with Crippen molar-refractivity contribution in [2.45, 2.75) is 63.2 Å². The number of amides is 1. The summed E-state index contributed by atoms with van der Waals surface area (Å²) in [5.41, 5.74) is 2.78. The molecule has 1 amide bonds. The first-order valence-electron chi connectivity index (χ1n) is 10.8. The van der Waals surface area contributed by atoms with Crippen LogP contribution >= 0.6 is 0 Å². The van der Waals surface area contributed by atoms with E-state index < -0.39 is 0 Å². The molecule has 5 heteroatoms. The minimum Gasteiger partial charge on any atom is -0.381 e. The molecule has 4 nitrogen and oxygen atoms in total. The quantitative estimate of drug-likeness (QED) is 0.742. The van der Waals surface area contributed by atoms with E-state index in [1.165, 1.54) is 30.5 Å². The third kappa shape index (κ3) is 4.15. The summed E-state index contributed by atoms with van der Waals surface area (Å²) in [6.07, 6.45) is 6.52. The maximum atomic E-state index is 13.8. The van der Waals surface area contributed by atoms with Crippen LogP contribution in [0.4, 0.5) is 15.8 Å². The molecule has 3 fully saturated rings. The Morgan fingerprint density at radius 3 is 2.38 bits per heavy atom. The van der Waals surface area contributed by atoms with Crippen LogP contribution < -0.4 is 10.6 Å². The van der Waals surface area contributed by atoms with Crippen molar-refractivity contribution < 1.29 is 9.18 Å². The summed E-state index contributed by atoms with van der Waals surface area (Å²) in [7, 11) is 0. The van der Waals surface area contributed by atoms with Gasteiger partial charge >= 0.3 is 0 Å². The highest BCUT2D eigenvalue weighted by atomic mass is 19.1. The van der Waals surface area contributed by atoms with Gasteiger partial charge in [-0.2, -0.15) is 0 Å². The average molecular weight is 394 g/mol. The standard InChI is InChI=1S/C24H28FN3O/c25-18-8-11-22(23(12-18)27-24(29)17-6-7-17)26-19-13-20-9-10-21(14-19)28(20)15-16-4-2-1-3-5-16/h1-5,8,11-12,17,19-21,26H,6-7,9-10,13-15H2,(H,27,29)/t19?,20-,21+. The number of nitrogens with zero attached hydrogens (tertiary/aromatic N) is 1. The molecule has 2 aromatic rings. The van der Waals surface area contributed by atoms with Crippen molar-refractivity contribution in [3.8, 4) is 0 Å². The van der Waals surface area contributed by atoms with Gasteiger partial charge in [0.1, 0.15) is 5.82 Å². The zero-order chi connectivity index (χ0) is 19.8. The van der Waals surface area contributed by atoms with Crippen LogP contribution in [0.1, 0.15) is 44.1 Å². The number of hydrogen-bond donors (Lipinski definition) is 2. The third-order valence-corrected chi connectivity index (χ3v) is 6.64. The Morgan fingerprint density at radius 2 is 1.69 bits per heavy atom. The van der Waals surface area contributed by atoms with Gasteiger partial charge in [0.15, 0.2) is 0 Å². The van der Waals surface area contributed by atoms with Crippen LogP contribution in [0, 0.1) is 11.7 Å². The van der Waals surface area contributed by atoms with Gasteiger partial charge in [-0.15, -0.1) is 0 Å². The summed E-state index contributed by atoms with van der Waals surface area (Å²) >= 11 is 0. The molecule has 2 bridgehead atoms. The topological polar surface area (TPSA) is 44.4 Å². The normalized spacial score (nSPS) is 26.3. The molecular weight excluding hydrogens is 365 g/mol. The van der Waals surface area contributed by atoms with E-state index in [0.29, 0.717) is 23.8 Å². The van der Waals surface area contributed by atoms with E-state index in [1.54, 1.807) is 6.07 Å². The lowest BCUT2D eigenvalue weighted by molar-refractivity contribution is -0.117. The molecule has 3 atom stereocenters. The summed E-state index contributed by atoms with van der Waals surface area (Å²) in [6.45, 7) is 1.02. The highest BCUT2D eigenvalue weighted by Crippen LogP contribution is 2.39. The van der Waals surface area contributed by atoms with Crippen LogP contribution in [0.2, 0.25) is 0 Å². The Balaban J connectivity index is 1.26. The fourth-order valence-corrected chi connectivity index (χ4v) is 4.99. The van der Waals surface area contributed by atoms with Gasteiger partial charge in [0.05, 0.1) is 11.4 Å². The Labute approximate surface area is 171 Å². The number of rotatable bonds is 6. The number of carbonyl (C=O) groups is 1. The lowest BCUT2D eigenvalue weighted by Crippen LogP contribution is -2.46. The predicted molar refractivity (Wildman–Crippen MR) is 113 cm³/mol. The smallest absolute Gasteiger partial charge is 0.227 e. The van der Waals surface area contributed by atoms with E-state index in [1.807, 2.05) is 0 Å². The molecule has 3 aliphatic rings. The molecule has 2 heterocycles. The number of fused-ring (bicyclic) bond motifs is 2. The highest BCUT2D eigenvalue weighted by Gasteiger charge is 2.40. The van der Waals surface area contributed by atoms with Gasteiger partial charge < -0.3 is 10.6 Å². The first-order chi connectivity index (χ1) is 14.2. The van der Waals surface area contributed by atoms with Gasteiger partial charge in [0.25, 0.3) is 0 Å². The second-order valence-corrected chi connectivity index (χ2v) is 8.81. The summed E-state index contributed by atoms with van der Waals surface area (Å²) < 4.78 is 13.8. The Hall–Kier alpha value is -2.40. The van der Waals surface area contributed by atoms with Crippen LogP contribution in [0.5, 0.6) is 0 Å².